The van der Waals surface area contributed by atoms with Crippen molar-refractivity contribution in [2.24, 2.45) is 0 Å². The van der Waals surface area contributed by atoms with Gasteiger partial charge in [-0.15, -0.1) is 11.3 Å². The van der Waals surface area contributed by atoms with Crippen LogP contribution in [0.2, 0.25) is 0 Å². The van der Waals surface area contributed by atoms with Crippen molar-refractivity contribution in [1.82, 2.24) is 10.0 Å². The van der Waals surface area contributed by atoms with Crippen LogP contribution in [0, 0.1) is 0 Å². The molecular weight excluding hydrogens is 300 g/mol. The molecule has 1 atom stereocenters. The zero-order chi connectivity index (χ0) is 15.0. The van der Waals surface area contributed by atoms with Crippen LogP contribution in [0.4, 0.5) is 0 Å². The molecule has 2 N–H and O–H groups in total. The van der Waals surface area contributed by atoms with Gasteiger partial charge in [0.2, 0.25) is 10.0 Å². The summed E-state index contributed by atoms with van der Waals surface area (Å²) in [4.78, 5) is 1.04. The first-order chi connectivity index (χ1) is 9.53. The molecule has 1 unspecified atom stereocenters. The molecule has 1 heterocycles. The van der Waals surface area contributed by atoms with E-state index in [1.165, 1.54) is 18.4 Å². The molecule has 0 aromatic carbocycles. The van der Waals surface area contributed by atoms with E-state index >= 15 is 0 Å². The molecule has 0 amide bonds. The zero-order valence-electron chi connectivity index (χ0n) is 12.0. The van der Waals surface area contributed by atoms with Gasteiger partial charge in [0.15, 0.2) is 0 Å². The molecule has 20 heavy (non-hydrogen) atoms. The highest BCUT2D eigenvalue weighted by molar-refractivity contribution is 7.91. The van der Waals surface area contributed by atoms with Crippen molar-refractivity contribution < 1.29 is 17.9 Å². The number of hydrogen-bond donors (Lipinski definition) is 2. The Hall–Kier alpha value is -0.510. The third kappa shape index (κ3) is 5.47. The second-order valence-electron chi connectivity index (χ2n) is 4.24. The van der Waals surface area contributed by atoms with Gasteiger partial charge in [0.25, 0.3) is 0 Å². The molecule has 0 saturated heterocycles. The lowest BCUT2D eigenvalue weighted by Crippen LogP contribution is -2.35. The molecule has 0 fully saturated rings. The number of sulfonamides is 1. The summed E-state index contributed by atoms with van der Waals surface area (Å²) < 4.78 is 37.2. The first-order valence-corrected chi connectivity index (χ1v) is 8.58. The Labute approximate surface area is 124 Å². The van der Waals surface area contributed by atoms with Crippen LogP contribution >= 0.6 is 11.3 Å². The Morgan fingerprint density at radius 1 is 1.35 bits per heavy atom. The van der Waals surface area contributed by atoms with Crippen molar-refractivity contribution in [1.29, 1.82) is 0 Å². The Morgan fingerprint density at radius 2 is 2.10 bits per heavy atom. The maximum atomic E-state index is 12.1. The van der Waals surface area contributed by atoms with Crippen molar-refractivity contribution in [2.45, 2.75) is 16.7 Å². The average molecular weight is 322 g/mol. The molecule has 0 aliphatic rings. The second kappa shape index (κ2) is 8.71. The lowest BCUT2D eigenvalue weighted by molar-refractivity contribution is 0.0320. The minimum Gasteiger partial charge on any atom is -0.382 e. The monoisotopic (exact) mass is 322 g/mol. The fourth-order valence-corrected chi connectivity index (χ4v) is 4.02. The largest absolute Gasteiger partial charge is 0.382 e. The summed E-state index contributed by atoms with van der Waals surface area (Å²) in [5.74, 6) is 0. The van der Waals surface area contributed by atoms with Gasteiger partial charge in [-0.3, -0.25) is 0 Å². The summed E-state index contributed by atoms with van der Waals surface area (Å²) in [5.41, 5.74) is 0. The quantitative estimate of drug-likeness (QED) is 0.654. The summed E-state index contributed by atoms with van der Waals surface area (Å²) in [7, 11) is 1.47. The van der Waals surface area contributed by atoms with Crippen LogP contribution in [0.3, 0.4) is 0 Å². The third-order valence-corrected chi connectivity index (χ3v) is 5.77. The topological polar surface area (TPSA) is 76.7 Å². The maximum absolute atomic E-state index is 12.1. The van der Waals surface area contributed by atoms with Crippen LogP contribution in [-0.2, 0) is 25.9 Å². The van der Waals surface area contributed by atoms with Crippen molar-refractivity contribution in [3.8, 4) is 0 Å². The van der Waals surface area contributed by atoms with E-state index in [0.29, 0.717) is 10.8 Å². The average Bonchev–Trinajstić information content (AvgIpc) is 2.90. The van der Waals surface area contributed by atoms with Crippen LogP contribution < -0.4 is 10.0 Å². The van der Waals surface area contributed by atoms with Crippen molar-refractivity contribution in [2.75, 3.05) is 41.0 Å². The summed E-state index contributed by atoms with van der Waals surface area (Å²) in [5, 5.41) is 3.04. The Morgan fingerprint density at radius 3 is 2.70 bits per heavy atom. The predicted molar refractivity (Wildman–Crippen MR) is 79.8 cm³/mol. The van der Waals surface area contributed by atoms with Crippen molar-refractivity contribution >= 4 is 21.4 Å². The van der Waals surface area contributed by atoms with Crippen LogP contribution in [0.5, 0.6) is 0 Å². The van der Waals surface area contributed by atoms with Gasteiger partial charge in [-0.2, -0.15) is 0 Å². The van der Waals surface area contributed by atoms with E-state index in [1.807, 2.05) is 13.1 Å². The fourth-order valence-electron chi connectivity index (χ4n) is 1.56. The zero-order valence-corrected chi connectivity index (χ0v) is 13.6. The van der Waals surface area contributed by atoms with E-state index in [9.17, 15) is 8.42 Å². The highest BCUT2D eigenvalue weighted by atomic mass is 32.2. The molecule has 1 aromatic heterocycles. The second-order valence-corrected chi connectivity index (χ2v) is 7.40. The van der Waals surface area contributed by atoms with Gasteiger partial charge in [-0.05, 0) is 32.1 Å². The summed E-state index contributed by atoms with van der Waals surface area (Å²) >= 11 is 1.29. The first-order valence-electron chi connectivity index (χ1n) is 6.28. The molecule has 0 bridgehead atoms. The molecule has 1 aromatic rings. The van der Waals surface area contributed by atoms with E-state index in [1.54, 1.807) is 13.2 Å². The van der Waals surface area contributed by atoms with Gasteiger partial charge in [-0.1, -0.05) is 0 Å². The number of thiophene rings is 1. The lowest BCUT2D eigenvalue weighted by Gasteiger charge is -2.14. The van der Waals surface area contributed by atoms with Gasteiger partial charge in [0, 0.05) is 25.6 Å². The number of methoxy groups -OCH3 is 2. The van der Waals surface area contributed by atoms with Crippen molar-refractivity contribution in [3.05, 3.63) is 17.0 Å². The standard InChI is InChI=1S/C12H22N2O4S2/c1-13-7-6-11-4-5-12(19-11)20(15,16)14-8-10(18-3)9-17-2/h4-5,10,13-14H,6-9H2,1-3H3. The third-order valence-electron chi connectivity index (χ3n) is 2.71. The van der Waals surface area contributed by atoms with Gasteiger partial charge >= 0.3 is 0 Å². The first kappa shape index (κ1) is 17.5. The number of hydrogen-bond acceptors (Lipinski definition) is 6. The highest BCUT2D eigenvalue weighted by Crippen LogP contribution is 2.21. The predicted octanol–water partition coefficient (Wildman–Crippen LogP) is 0.450. The fraction of sp³-hybridized carbons (Fsp3) is 0.667. The van der Waals surface area contributed by atoms with E-state index in [0.717, 1.165) is 17.8 Å². The summed E-state index contributed by atoms with van der Waals surface area (Å²) in [6, 6.07) is 3.48. The smallest absolute Gasteiger partial charge is 0.250 e. The van der Waals surface area contributed by atoms with E-state index in [-0.39, 0.29) is 12.6 Å². The molecule has 0 radical (unpaired) electrons. The molecular formula is C12H22N2O4S2. The SMILES string of the molecule is CNCCc1ccc(S(=O)(=O)NCC(COC)OC)s1. The van der Waals surface area contributed by atoms with Gasteiger partial charge < -0.3 is 14.8 Å². The van der Waals surface area contributed by atoms with E-state index < -0.39 is 10.0 Å². The van der Waals surface area contributed by atoms with Crippen LogP contribution in [0.1, 0.15) is 4.88 Å². The van der Waals surface area contributed by atoms with Crippen LogP contribution in [-0.4, -0.2) is 55.5 Å². The molecule has 0 aliphatic carbocycles. The van der Waals surface area contributed by atoms with E-state index in [4.69, 9.17) is 9.47 Å². The Bertz CT molecular complexity index is 487. The number of ether oxygens (including phenoxy) is 2. The molecule has 8 heteroatoms. The molecule has 0 saturated carbocycles. The minimum absolute atomic E-state index is 0.191. The number of rotatable bonds is 10. The summed E-state index contributed by atoms with van der Waals surface area (Å²) in [6.07, 6.45) is 0.527. The Kier molecular flexibility index (Phi) is 7.63. The van der Waals surface area contributed by atoms with Gasteiger partial charge in [0.1, 0.15) is 4.21 Å². The lowest BCUT2D eigenvalue weighted by atomic mass is 10.3. The van der Waals surface area contributed by atoms with Crippen molar-refractivity contribution in [3.63, 3.8) is 0 Å². The van der Waals surface area contributed by atoms with E-state index in [2.05, 4.69) is 10.0 Å². The molecule has 116 valence electrons. The molecule has 0 spiro atoms. The normalized spacial score (nSPS) is 13.6. The molecule has 0 aliphatic heterocycles. The van der Waals surface area contributed by atoms with Gasteiger partial charge in [0.05, 0.1) is 12.7 Å². The molecule has 6 nitrogen and oxygen atoms in total. The van der Waals surface area contributed by atoms with Crippen LogP contribution in [0.15, 0.2) is 16.3 Å². The highest BCUT2D eigenvalue weighted by Gasteiger charge is 2.18. The number of likely N-dealkylation sites (N-methyl/N-ethyl adjacent to an activating group) is 1. The minimum atomic E-state index is -3.48. The maximum Gasteiger partial charge on any atom is 0.250 e. The van der Waals surface area contributed by atoms with Crippen LogP contribution in [0.25, 0.3) is 0 Å². The van der Waals surface area contributed by atoms with Gasteiger partial charge in [-0.25, -0.2) is 13.1 Å². The Balaban J connectivity index is 2.61. The summed E-state index contributed by atoms with van der Waals surface area (Å²) in [6.45, 7) is 1.36. The molecule has 1 rings (SSSR count). The number of nitrogens with one attached hydrogen (secondary N) is 2.